The van der Waals surface area contributed by atoms with E-state index in [0.717, 1.165) is 31.2 Å². The number of aromatic carboxylic acids is 3. The van der Waals surface area contributed by atoms with Crippen molar-refractivity contribution >= 4 is 43.9 Å². The first-order chi connectivity index (χ1) is 14.4. The summed E-state index contributed by atoms with van der Waals surface area (Å²) in [5.74, 6) is -4.97. The van der Waals surface area contributed by atoms with E-state index in [0.29, 0.717) is 12.1 Å². The monoisotopic (exact) mass is 518 g/mol. The molecule has 2 aromatic rings. The van der Waals surface area contributed by atoms with Gasteiger partial charge in [-0.1, -0.05) is 0 Å². The summed E-state index contributed by atoms with van der Waals surface area (Å²) in [6.45, 7) is 1.14. The first-order valence-electron chi connectivity index (χ1n) is 7.86. The molecule has 0 amide bonds. The minimum absolute atomic E-state index is 0. The third-order valence-corrected chi connectivity index (χ3v) is 5.16. The molecule has 0 aliphatic rings. The number of hydrogen-bond acceptors (Lipinski definition) is 10. The van der Waals surface area contributed by atoms with Crippen LogP contribution in [0.25, 0.3) is 0 Å². The maximum atomic E-state index is 11.0. The van der Waals surface area contributed by atoms with E-state index in [9.17, 15) is 45.1 Å². The molecule has 0 radical (unpaired) electrons. The molecule has 0 unspecified atom stereocenters. The van der Waals surface area contributed by atoms with Gasteiger partial charge in [0.05, 0.1) is 26.5 Å². The van der Waals surface area contributed by atoms with Crippen molar-refractivity contribution in [2.75, 3.05) is 0 Å². The van der Waals surface area contributed by atoms with Crippen molar-refractivity contribution < 1.29 is 109 Å². The van der Waals surface area contributed by atoms with Gasteiger partial charge in [-0.2, -0.15) is 0 Å². The quantitative estimate of drug-likeness (QED) is 0.184. The van der Waals surface area contributed by atoms with Gasteiger partial charge in [-0.25, -0.2) is 31.2 Å². The van der Waals surface area contributed by atoms with Crippen molar-refractivity contribution in [3.63, 3.8) is 0 Å². The molecule has 13 nitrogen and oxygen atoms in total. The van der Waals surface area contributed by atoms with Crippen molar-refractivity contribution in [3.8, 4) is 0 Å². The molecule has 34 heavy (non-hydrogen) atoms. The zero-order chi connectivity index (χ0) is 25.0. The van der Waals surface area contributed by atoms with Gasteiger partial charge in [0, 0.05) is 5.56 Å². The summed E-state index contributed by atoms with van der Waals surface area (Å²) in [6, 6.07) is 4.57. The number of carbonyl (C=O) groups excluding carboxylic acids is 1. The number of hydrogen-bond donors (Lipinski definition) is 3. The number of carboxylic acid groups (broad SMARTS) is 3. The van der Waals surface area contributed by atoms with E-state index in [1.54, 1.807) is 0 Å². The van der Waals surface area contributed by atoms with Gasteiger partial charge in [-0.05, 0) is 43.3 Å². The molecule has 0 saturated carbocycles. The van der Waals surface area contributed by atoms with Crippen molar-refractivity contribution in [2.45, 2.75) is 16.7 Å². The van der Waals surface area contributed by atoms with Gasteiger partial charge in [0.25, 0.3) is 0 Å². The predicted molar refractivity (Wildman–Crippen MR) is 99.7 cm³/mol. The summed E-state index contributed by atoms with van der Waals surface area (Å²) < 4.78 is 64.1. The van der Waals surface area contributed by atoms with E-state index in [1.807, 2.05) is 0 Å². The zero-order valence-electron chi connectivity index (χ0n) is 17.7. The number of ketones is 1. The molecule has 0 aliphatic heterocycles. The molecule has 2 aromatic carbocycles. The molecular weight excluding hydrogens is 506 g/mol. The van der Waals surface area contributed by atoms with E-state index in [4.69, 9.17) is 15.3 Å². The van der Waals surface area contributed by atoms with Gasteiger partial charge in [0.1, 0.15) is 20.2 Å². The first kappa shape index (κ1) is 34.1. The second kappa shape index (κ2) is 13.1. The smallest absolute Gasteiger partial charge is 0.744 e. The van der Waals surface area contributed by atoms with Gasteiger partial charge < -0.3 is 24.4 Å². The molecule has 172 valence electrons. The topological polar surface area (TPSA) is 243 Å². The van der Waals surface area contributed by atoms with E-state index >= 15 is 0 Å². The first-order valence-corrected chi connectivity index (χ1v) is 10.7. The molecule has 3 N–H and O–H groups in total. The molecule has 0 aliphatic carbocycles. The van der Waals surface area contributed by atoms with E-state index in [2.05, 4.69) is 0 Å². The van der Waals surface area contributed by atoms with Crippen LogP contribution in [0, 0.1) is 0 Å². The molecule has 0 bridgehead atoms. The van der Waals surface area contributed by atoms with E-state index < -0.39 is 70.4 Å². The molecule has 0 saturated heterocycles. The van der Waals surface area contributed by atoms with Gasteiger partial charge in [0.2, 0.25) is 0 Å². The van der Waals surface area contributed by atoms with Gasteiger partial charge >= 0.3 is 66.3 Å². The number of rotatable bonds is 6. The predicted octanol–water partition coefficient (Wildman–Crippen LogP) is -5.51. The summed E-state index contributed by atoms with van der Waals surface area (Å²) in [6.07, 6.45) is 0. The fourth-order valence-corrected chi connectivity index (χ4v) is 3.15. The summed E-state index contributed by atoms with van der Waals surface area (Å²) in [5, 5.41) is 25.9. The van der Waals surface area contributed by atoms with Crippen LogP contribution < -0.4 is 48.4 Å². The molecule has 0 atom stereocenters. The van der Waals surface area contributed by atoms with Crippen LogP contribution in [0.3, 0.4) is 0 Å². The maximum absolute atomic E-state index is 11.0. The summed E-state index contributed by atoms with van der Waals surface area (Å²) >= 11 is 0. The van der Waals surface area contributed by atoms with Crippen LogP contribution in [0.4, 0.5) is 0 Å². The Kier molecular flexibility index (Phi) is 13.2. The SMILES string of the molecule is CC(=O)c1cc(C(=O)O)cc(S(=O)(=O)[O-])c1.O=C(O)c1cc(C(=O)O)cc(S(=O)(=O)[O-])c1.[Li+].[Na+]. The molecular formula is C17H12LiNaO13S2. The summed E-state index contributed by atoms with van der Waals surface area (Å²) in [5.41, 5.74) is -1.69. The second-order valence-corrected chi connectivity index (χ2v) is 8.63. The zero-order valence-corrected chi connectivity index (χ0v) is 21.3. The van der Waals surface area contributed by atoms with Crippen molar-refractivity contribution in [3.05, 3.63) is 58.7 Å². The third-order valence-electron chi connectivity index (χ3n) is 3.54. The Labute approximate surface area is 226 Å². The molecule has 0 spiro atoms. The average molecular weight is 518 g/mol. The van der Waals surface area contributed by atoms with Gasteiger partial charge in [-0.3, -0.25) is 4.79 Å². The number of carboxylic acids is 3. The summed E-state index contributed by atoms with van der Waals surface area (Å²) in [4.78, 5) is 41.2. The fraction of sp³-hybridized carbons (Fsp3) is 0.0588. The Morgan fingerprint density at radius 2 is 0.853 bits per heavy atom. The van der Waals surface area contributed by atoms with Gasteiger partial charge in [-0.15, -0.1) is 0 Å². The minimum atomic E-state index is -4.89. The van der Waals surface area contributed by atoms with Crippen molar-refractivity contribution in [1.82, 2.24) is 0 Å². The molecule has 0 aromatic heterocycles. The maximum Gasteiger partial charge on any atom is 1.00 e. The Morgan fingerprint density at radius 3 is 1.06 bits per heavy atom. The number of benzene rings is 2. The largest absolute Gasteiger partial charge is 1.00 e. The van der Waals surface area contributed by atoms with Crippen LogP contribution >= 0.6 is 0 Å². The van der Waals surface area contributed by atoms with Crippen LogP contribution in [-0.2, 0) is 20.2 Å². The normalized spacial score (nSPS) is 10.4. The number of carbonyl (C=O) groups is 4. The van der Waals surface area contributed by atoms with E-state index in [-0.39, 0.29) is 54.0 Å². The Hall–Kier alpha value is -2.06. The Bertz CT molecular complexity index is 1170. The molecule has 0 fully saturated rings. The third kappa shape index (κ3) is 10.1. The standard InChI is InChI=1S/C9H8O6S.C8H6O7S.Li.Na/c1-5(10)6-2-7(9(11)12)4-8(3-6)16(13,14)15;9-7(10)4-1-5(8(11)12)3-6(2-4)16(13,14)15;;/h2-4H,1H3,(H,11,12)(H,13,14,15);1-3H,(H,9,10)(H,11,12)(H,13,14,15);;/q;;2*+1/p-2. The number of Topliss-reactive ketones (excluding diaryl/α,β-unsaturated/α-hetero) is 1. The van der Waals surface area contributed by atoms with Crippen molar-refractivity contribution in [2.24, 2.45) is 0 Å². The van der Waals surface area contributed by atoms with Crippen LogP contribution in [0.5, 0.6) is 0 Å². The Balaban J connectivity index is 0. The van der Waals surface area contributed by atoms with Crippen LogP contribution in [0.2, 0.25) is 0 Å². The van der Waals surface area contributed by atoms with Crippen LogP contribution in [0.1, 0.15) is 48.4 Å². The molecule has 2 rings (SSSR count). The fourth-order valence-electron chi connectivity index (χ4n) is 2.06. The molecule has 0 heterocycles. The Morgan fingerprint density at radius 1 is 0.618 bits per heavy atom. The average Bonchev–Trinajstić information content (AvgIpc) is 2.66. The molecule has 17 heteroatoms. The second-order valence-electron chi connectivity index (χ2n) is 5.87. The van der Waals surface area contributed by atoms with E-state index in [1.165, 1.54) is 0 Å². The van der Waals surface area contributed by atoms with Crippen molar-refractivity contribution in [1.29, 1.82) is 0 Å². The van der Waals surface area contributed by atoms with Crippen LogP contribution in [-0.4, -0.2) is 65.0 Å². The van der Waals surface area contributed by atoms with Gasteiger partial charge in [0.15, 0.2) is 5.78 Å². The summed E-state index contributed by atoms with van der Waals surface area (Å²) in [7, 11) is -9.67. The van der Waals surface area contributed by atoms with Crippen LogP contribution in [0.15, 0.2) is 46.2 Å². The minimum Gasteiger partial charge on any atom is -0.744 e.